The second-order valence-electron chi connectivity index (χ2n) is 5.57. The number of anilines is 1. The Morgan fingerprint density at radius 2 is 1.50 bits per heavy atom. The van der Waals surface area contributed by atoms with Crippen LogP contribution in [0, 0.1) is 13.8 Å². The molecular formula is C19H21NO4. The minimum absolute atomic E-state index is 0.295. The minimum atomic E-state index is -0.504. The molecule has 0 spiro atoms. The number of carbonyl (C=O) groups is 2. The molecule has 0 radical (unpaired) electrons. The van der Waals surface area contributed by atoms with Gasteiger partial charge in [-0.15, -0.1) is 0 Å². The normalized spacial score (nSPS) is 10.2. The van der Waals surface area contributed by atoms with Gasteiger partial charge in [-0.05, 0) is 43.2 Å². The topological polar surface area (TPSA) is 64.6 Å². The number of hydrogen-bond donors (Lipinski definition) is 1. The summed E-state index contributed by atoms with van der Waals surface area (Å²) in [6.07, 6.45) is 0. The van der Waals surface area contributed by atoms with E-state index >= 15 is 0 Å². The Morgan fingerprint density at radius 3 is 2.04 bits per heavy atom. The molecule has 5 nitrogen and oxygen atoms in total. The molecule has 0 saturated carbocycles. The van der Waals surface area contributed by atoms with E-state index in [1.807, 2.05) is 13.8 Å². The highest BCUT2D eigenvalue weighted by atomic mass is 16.5. The third-order valence-electron chi connectivity index (χ3n) is 3.76. The molecule has 0 aliphatic rings. The van der Waals surface area contributed by atoms with Crippen LogP contribution in [0.3, 0.4) is 0 Å². The number of rotatable bonds is 5. The largest absolute Gasteiger partial charge is 0.465 e. The lowest BCUT2D eigenvalue weighted by Crippen LogP contribution is -2.09. The molecule has 126 valence electrons. The number of methoxy groups -OCH3 is 2. The van der Waals surface area contributed by atoms with E-state index in [0.717, 1.165) is 5.56 Å². The van der Waals surface area contributed by atoms with Gasteiger partial charge in [0.15, 0.2) is 0 Å². The Morgan fingerprint density at radius 1 is 0.917 bits per heavy atom. The molecule has 2 aromatic rings. The molecule has 0 saturated heterocycles. The van der Waals surface area contributed by atoms with Gasteiger partial charge in [0, 0.05) is 12.2 Å². The molecular weight excluding hydrogens is 306 g/mol. The lowest BCUT2D eigenvalue weighted by atomic mass is 10.1. The highest BCUT2D eigenvalue weighted by Crippen LogP contribution is 2.19. The number of esters is 2. The van der Waals surface area contributed by atoms with E-state index in [9.17, 15) is 9.59 Å². The molecule has 0 amide bonds. The summed E-state index contributed by atoms with van der Waals surface area (Å²) in [6, 6.07) is 11.0. The van der Waals surface area contributed by atoms with E-state index in [4.69, 9.17) is 9.47 Å². The average molecular weight is 327 g/mol. The van der Waals surface area contributed by atoms with Crippen molar-refractivity contribution >= 4 is 17.6 Å². The highest BCUT2D eigenvalue weighted by Gasteiger charge is 2.14. The zero-order chi connectivity index (χ0) is 17.7. The molecule has 0 aromatic heterocycles. The van der Waals surface area contributed by atoms with Gasteiger partial charge in [0.25, 0.3) is 0 Å². The van der Waals surface area contributed by atoms with Crippen molar-refractivity contribution in [1.29, 1.82) is 0 Å². The van der Waals surface area contributed by atoms with Crippen molar-refractivity contribution in [2.24, 2.45) is 0 Å². The van der Waals surface area contributed by atoms with Crippen LogP contribution >= 0.6 is 0 Å². The van der Waals surface area contributed by atoms with Crippen LogP contribution in [-0.2, 0) is 16.0 Å². The van der Waals surface area contributed by atoms with E-state index < -0.39 is 11.9 Å². The number of benzene rings is 2. The summed E-state index contributed by atoms with van der Waals surface area (Å²) in [4.78, 5) is 23.6. The molecule has 1 N–H and O–H groups in total. The number of carbonyl (C=O) groups excluding carboxylic acids is 2. The Bertz CT molecular complexity index is 734. The average Bonchev–Trinajstić information content (AvgIpc) is 2.60. The number of ether oxygens (including phenoxy) is 2. The zero-order valence-electron chi connectivity index (χ0n) is 14.3. The molecule has 0 bridgehead atoms. The van der Waals surface area contributed by atoms with Gasteiger partial charge >= 0.3 is 11.9 Å². The summed E-state index contributed by atoms with van der Waals surface area (Å²) >= 11 is 0. The Labute approximate surface area is 141 Å². The third kappa shape index (κ3) is 4.13. The summed E-state index contributed by atoms with van der Waals surface area (Å²) in [5, 5.41) is 3.25. The third-order valence-corrected chi connectivity index (χ3v) is 3.76. The first kappa shape index (κ1) is 17.5. The molecule has 0 heterocycles. The first-order chi connectivity index (χ1) is 11.4. The fraction of sp³-hybridized carbons (Fsp3) is 0.263. The van der Waals surface area contributed by atoms with Crippen LogP contribution in [0.2, 0.25) is 0 Å². The molecule has 24 heavy (non-hydrogen) atoms. The van der Waals surface area contributed by atoms with Gasteiger partial charge in [-0.25, -0.2) is 9.59 Å². The quantitative estimate of drug-likeness (QED) is 0.852. The monoisotopic (exact) mass is 327 g/mol. The summed E-state index contributed by atoms with van der Waals surface area (Å²) in [5.41, 5.74) is 4.74. The fourth-order valence-electron chi connectivity index (χ4n) is 2.39. The van der Waals surface area contributed by atoms with E-state index in [1.165, 1.54) is 31.4 Å². The standard InChI is InChI=1S/C19H21NO4/c1-12-5-6-13(2)16(7-12)11-20-17-9-14(18(21)23-3)8-15(10-17)19(22)24-4/h5-10,20H,11H2,1-4H3. The maximum Gasteiger partial charge on any atom is 0.337 e. The van der Waals surface area contributed by atoms with Crippen molar-refractivity contribution in [1.82, 2.24) is 0 Å². The van der Waals surface area contributed by atoms with Crippen LogP contribution in [0.1, 0.15) is 37.4 Å². The van der Waals surface area contributed by atoms with Crippen LogP contribution in [0.15, 0.2) is 36.4 Å². The molecule has 0 aliphatic heterocycles. The fourth-order valence-corrected chi connectivity index (χ4v) is 2.39. The predicted molar refractivity (Wildman–Crippen MR) is 92.4 cm³/mol. The summed E-state index contributed by atoms with van der Waals surface area (Å²) < 4.78 is 9.48. The van der Waals surface area contributed by atoms with E-state index in [2.05, 4.69) is 23.5 Å². The van der Waals surface area contributed by atoms with Gasteiger partial charge in [0.05, 0.1) is 25.3 Å². The van der Waals surface area contributed by atoms with Crippen molar-refractivity contribution in [2.75, 3.05) is 19.5 Å². The van der Waals surface area contributed by atoms with Crippen molar-refractivity contribution in [3.8, 4) is 0 Å². The van der Waals surface area contributed by atoms with Gasteiger partial charge < -0.3 is 14.8 Å². The number of nitrogens with one attached hydrogen (secondary N) is 1. The molecule has 5 heteroatoms. The van der Waals surface area contributed by atoms with E-state index in [1.54, 1.807) is 12.1 Å². The maximum absolute atomic E-state index is 11.8. The van der Waals surface area contributed by atoms with Crippen molar-refractivity contribution in [3.63, 3.8) is 0 Å². The van der Waals surface area contributed by atoms with Gasteiger partial charge in [-0.1, -0.05) is 23.8 Å². The summed E-state index contributed by atoms with van der Waals surface area (Å²) in [7, 11) is 2.60. The van der Waals surface area contributed by atoms with Crippen LogP contribution in [0.25, 0.3) is 0 Å². The van der Waals surface area contributed by atoms with Crippen molar-refractivity contribution in [2.45, 2.75) is 20.4 Å². The van der Waals surface area contributed by atoms with Crippen molar-refractivity contribution < 1.29 is 19.1 Å². The van der Waals surface area contributed by atoms with Gasteiger partial charge in [-0.2, -0.15) is 0 Å². The molecule has 0 atom stereocenters. The van der Waals surface area contributed by atoms with Gasteiger partial charge in [-0.3, -0.25) is 0 Å². The summed E-state index contributed by atoms with van der Waals surface area (Å²) in [6.45, 7) is 4.66. The lowest BCUT2D eigenvalue weighted by molar-refractivity contribution is 0.0599. The smallest absolute Gasteiger partial charge is 0.337 e. The Hall–Kier alpha value is -2.82. The van der Waals surface area contributed by atoms with Gasteiger partial charge in [0.1, 0.15) is 0 Å². The first-order valence-electron chi connectivity index (χ1n) is 7.56. The molecule has 2 aromatic carbocycles. The van der Waals surface area contributed by atoms with Crippen LogP contribution in [0.4, 0.5) is 5.69 Å². The van der Waals surface area contributed by atoms with Gasteiger partial charge in [0.2, 0.25) is 0 Å². The predicted octanol–water partition coefficient (Wildman–Crippen LogP) is 3.49. The lowest BCUT2D eigenvalue weighted by Gasteiger charge is -2.12. The number of aryl methyl sites for hydroxylation is 2. The Kier molecular flexibility index (Phi) is 5.58. The first-order valence-corrected chi connectivity index (χ1v) is 7.56. The molecule has 2 rings (SSSR count). The SMILES string of the molecule is COC(=O)c1cc(NCc2cc(C)ccc2C)cc(C(=O)OC)c1. The molecule has 0 fully saturated rings. The maximum atomic E-state index is 11.8. The minimum Gasteiger partial charge on any atom is -0.465 e. The number of hydrogen-bond acceptors (Lipinski definition) is 5. The van der Waals surface area contributed by atoms with Crippen LogP contribution in [0.5, 0.6) is 0 Å². The molecule has 0 aliphatic carbocycles. The Balaban J connectivity index is 2.29. The highest BCUT2D eigenvalue weighted by molar-refractivity contribution is 5.96. The van der Waals surface area contributed by atoms with Crippen molar-refractivity contribution in [3.05, 3.63) is 64.2 Å². The second kappa shape index (κ2) is 7.64. The van der Waals surface area contributed by atoms with Crippen LogP contribution in [-0.4, -0.2) is 26.2 Å². The van der Waals surface area contributed by atoms with E-state index in [0.29, 0.717) is 23.4 Å². The summed E-state index contributed by atoms with van der Waals surface area (Å²) in [5.74, 6) is -1.01. The zero-order valence-corrected chi connectivity index (χ0v) is 14.3. The van der Waals surface area contributed by atoms with Crippen LogP contribution < -0.4 is 5.32 Å². The second-order valence-corrected chi connectivity index (χ2v) is 5.57. The van der Waals surface area contributed by atoms with E-state index in [-0.39, 0.29) is 0 Å². The molecule has 0 unspecified atom stereocenters.